The van der Waals surface area contributed by atoms with Crippen LogP contribution in [0.2, 0.25) is 0 Å². The SMILES string of the molecule is CCC(C)Cc1c(C)cc(C)[nH]c1=O. The van der Waals surface area contributed by atoms with Gasteiger partial charge in [-0.2, -0.15) is 0 Å². The Kier molecular flexibility index (Phi) is 3.50. The van der Waals surface area contributed by atoms with E-state index in [1.165, 1.54) is 0 Å². The maximum absolute atomic E-state index is 11.7. The van der Waals surface area contributed by atoms with Crippen molar-refractivity contribution in [3.05, 3.63) is 33.2 Å². The van der Waals surface area contributed by atoms with Crippen LogP contribution in [0.25, 0.3) is 0 Å². The Morgan fingerprint density at radius 3 is 2.57 bits per heavy atom. The third-order valence-electron chi connectivity index (χ3n) is 2.74. The standard InChI is InChI=1S/C12H19NO/c1-5-8(2)6-11-9(3)7-10(4)13-12(11)14/h7-8H,5-6H2,1-4H3,(H,13,14). The summed E-state index contributed by atoms with van der Waals surface area (Å²) >= 11 is 0. The quantitative estimate of drug-likeness (QED) is 0.786. The number of aromatic nitrogens is 1. The fraction of sp³-hybridized carbons (Fsp3) is 0.583. The highest BCUT2D eigenvalue weighted by Crippen LogP contribution is 2.11. The number of aryl methyl sites for hydroxylation is 2. The van der Waals surface area contributed by atoms with Crippen LogP contribution in [0.3, 0.4) is 0 Å². The van der Waals surface area contributed by atoms with Gasteiger partial charge in [0.1, 0.15) is 0 Å². The van der Waals surface area contributed by atoms with E-state index < -0.39 is 0 Å². The first-order valence-electron chi connectivity index (χ1n) is 5.24. The van der Waals surface area contributed by atoms with E-state index in [0.29, 0.717) is 5.92 Å². The lowest BCUT2D eigenvalue weighted by Gasteiger charge is -2.10. The van der Waals surface area contributed by atoms with E-state index in [4.69, 9.17) is 0 Å². The van der Waals surface area contributed by atoms with Crippen molar-refractivity contribution in [1.29, 1.82) is 0 Å². The molecule has 78 valence electrons. The van der Waals surface area contributed by atoms with E-state index in [9.17, 15) is 4.79 Å². The lowest BCUT2D eigenvalue weighted by molar-refractivity contribution is 0.555. The predicted molar refractivity (Wildman–Crippen MR) is 59.7 cm³/mol. The van der Waals surface area contributed by atoms with E-state index in [0.717, 1.165) is 29.7 Å². The van der Waals surface area contributed by atoms with Crippen molar-refractivity contribution < 1.29 is 0 Å². The number of aromatic amines is 1. The van der Waals surface area contributed by atoms with Crippen LogP contribution in [-0.2, 0) is 6.42 Å². The maximum atomic E-state index is 11.7. The van der Waals surface area contributed by atoms with Gasteiger partial charge in [-0.1, -0.05) is 20.3 Å². The lowest BCUT2D eigenvalue weighted by atomic mass is 9.97. The molecule has 1 heterocycles. The van der Waals surface area contributed by atoms with Crippen LogP contribution in [0.4, 0.5) is 0 Å². The third kappa shape index (κ3) is 2.47. The molecule has 0 amide bonds. The second kappa shape index (κ2) is 4.45. The zero-order valence-corrected chi connectivity index (χ0v) is 9.48. The maximum Gasteiger partial charge on any atom is 0.251 e. The fourth-order valence-electron chi connectivity index (χ4n) is 1.63. The normalized spacial score (nSPS) is 12.9. The Morgan fingerprint density at radius 1 is 1.43 bits per heavy atom. The highest BCUT2D eigenvalue weighted by atomic mass is 16.1. The molecule has 0 saturated heterocycles. The van der Waals surface area contributed by atoms with Crippen LogP contribution in [0.15, 0.2) is 10.9 Å². The van der Waals surface area contributed by atoms with Gasteiger partial charge in [-0.15, -0.1) is 0 Å². The van der Waals surface area contributed by atoms with Crippen LogP contribution in [-0.4, -0.2) is 4.98 Å². The van der Waals surface area contributed by atoms with Crippen molar-refractivity contribution in [2.24, 2.45) is 5.92 Å². The molecule has 2 heteroatoms. The first-order chi connectivity index (χ1) is 6.54. The summed E-state index contributed by atoms with van der Waals surface area (Å²) in [5, 5.41) is 0. The van der Waals surface area contributed by atoms with Crippen LogP contribution >= 0.6 is 0 Å². The van der Waals surface area contributed by atoms with Gasteiger partial charge in [0.2, 0.25) is 0 Å². The number of nitrogens with one attached hydrogen (secondary N) is 1. The van der Waals surface area contributed by atoms with Crippen LogP contribution in [0.5, 0.6) is 0 Å². The highest BCUT2D eigenvalue weighted by molar-refractivity contribution is 5.25. The summed E-state index contributed by atoms with van der Waals surface area (Å²) in [6, 6.07) is 2.04. The minimum absolute atomic E-state index is 0.0859. The molecule has 0 aliphatic carbocycles. The van der Waals surface area contributed by atoms with Crippen molar-refractivity contribution >= 4 is 0 Å². The minimum atomic E-state index is 0.0859. The predicted octanol–water partition coefficient (Wildman–Crippen LogP) is 2.58. The van der Waals surface area contributed by atoms with Gasteiger partial charge in [-0.05, 0) is 37.8 Å². The molecule has 0 aliphatic rings. The monoisotopic (exact) mass is 193 g/mol. The molecule has 0 radical (unpaired) electrons. The van der Waals surface area contributed by atoms with Gasteiger partial charge in [-0.3, -0.25) is 4.79 Å². The van der Waals surface area contributed by atoms with Gasteiger partial charge >= 0.3 is 0 Å². The molecule has 1 aromatic heterocycles. The van der Waals surface area contributed by atoms with E-state index in [1.54, 1.807) is 0 Å². The minimum Gasteiger partial charge on any atom is -0.326 e. The summed E-state index contributed by atoms with van der Waals surface area (Å²) < 4.78 is 0. The van der Waals surface area contributed by atoms with Gasteiger partial charge < -0.3 is 4.98 Å². The molecule has 0 aromatic carbocycles. The van der Waals surface area contributed by atoms with E-state index in [2.05, 4.69) is 18.8 Å². The molecule has 0 aliphatic heterocycles. The molecule has 1 unspecified atom stereocenters. The molecule has 0 fully saturated rings. The number of pyridine rings is 1. The van der Waals surface area contributed by atoms with Crippen molar-refractivity contribution in [2.75, 3.05) is 0 Å². The van der Waals surface area contributed by atoms with Gasteiger partial charge in [0.25, 0.3) is 5.56 Å². The number of hydrogen-bond acceptors (Lipinski definition) is 1. The number of rotatable bonds is 3. The molecule has 0 saturated carbocycles. The van der Waals surface area contributed by atoms with Crippen molar-refractivity contribution in [3.8, 4) is 0 Å². The van der Waals surface area contributed by atoms with E-state index >= 15 is 0 Å². The molecule has 1 N–H and O–H groups in total. The summed E-state index contributed by atoms with van der Waals surface area (Å²) in [7, 11) is 0. The fourth-order valence-corrected chi connectivity index (χ4v) is 1.63. The molecule has 14 heavy (non-hydrogen) atoms. The van der Waals surface area contributed by atoms with Crippen LogP contribution in [0.1, 0.15) is 37.1 Å². The topological polar surface area (TPSA) is 32.9 Å². The second-order valence-corrected chi connectivity index (χ2v) is 4.16. The lowest BCUT2D eigenvalue weighted by Crippen LogP contribution is -2.17. The smallest absolute Gasteiger partial charge is 0.251 e. The van der Waals surface area contributed by atoms with Crippen molar-refractivity contribution in [3.63, 3.8) is 0 Å². The van der Waals surface area contributed by atoms with Gasteiger partial charge in [0, 0.05) is 11.3 Å². The van der Waals surface area contributed by atoms with Gasteiger partial charge in [0.15, 0.2) is 0 Å². The first kappa shape index (κ1) is 11.0. The average Bonchev–Trinajstić information content (AvgIpc) is 2.10. The second-order valence-electron chi connectivity index (χ2n) is 4.16. The molecular weight excluding hydrogens is 174 g/mol. The molecule has 2 nitrogen and oxygen atoms in total. The third-order valence-corrected chi connectivity index (χ3v) is 2.74. The molecule has 0 spiro atoms. The largest absolute Gasteiger partial charge is 0.326 e. The number of hydrogen-bond donors (Lipinski definition) is 1. The molecule has 1 atom stereocenters. The molecular formula is C12H19NO. The Morgan fingerprint density at radius 2 is 2.07 bits per heavy atom. The van der Waals surface area contributed by atoms with Crippen molar-refractivity contribution in [2.45, 2.75) is 40.5 Å². The van der Waals surface area contributed by atoms with Crippen molar-refractivity contribution in [1.82, 2.24) is 4.98 Å². The first-order valence-corrected chi connectivity index (χ1v) is 5.24. The molecule has 1 rings (SSSR count). The highest BCUT2D eigenvalue weighted by Gasteiger charge is 2.08. The summed E-state index contributed by atoms with van der Waals surface area (Å²) in [5.74, 6) is 0.581. The van der Waals surface area contributed by atoms with E-state index in [-0.39, 0.29) is 5.56 Å². The van der Waals surface area contributed by atoms with Crippen LogP contribution in [0, 0.1) is 19.8 Å². The Bertz CT molecular complexity index is 365. The zero-order chi connectivity index (χ0) is 10.7. The van der Waals surface area contributed by atoms with E-state index in [1.807, 2.05) is 19.9 Å². The summed E-state index contributed by atoms with van der Waals surface area (Å²) in [6.45, 7) is 8.27. The van der Waals surface area contributed by atoms with Gasteiger partial charge in [-0.25, -0.2) is 0 Å². The zero-order valence-electron chi connectivity index (χ0n) is 9.48. The summed E-state index contributed by atoms with van der Waals surface area (Å²) in [4.78, 5) is 14.5. The molecule has 0 bridgehead atoms. The Labute approximate surface area is 85.4 Å². The Hall–Kier alpha value is -1.05. The van der Waals surface area contributed by atoms with Crippen LogP contribution < -0.4 is 5.56 Å². The summed E-state index contributed by atoms with van der Waals surface area (Å²) in [5.41, 5.74) is 3.10. The number of H-pyrrole nitrogens is 1. The average molecular weight is 193 g/mol. The Balaban J connectivity index is 3.03. The molecule has 1 aromatic rings. The van der Waals surface area contributed by atoms with Gasteiger partial charge in [0.05, 0.1) is 0 Å². The summed E-state index contributed by atoms with van der Waals surface area (Å²) in [6.07, 6.45) is 2.00.